The van der Waals surface area contributed by atoms with Gasteiger partial charge in [0.25, 0.3) is 5.91 Å². The third-order valence-electron chi connectivity index (χ3n) is 11.3. The number of piperidine rings is 3. The normalized spacial score (nSPS) is 20.9. The van der Waals surface area contributed by atoms with Crippen LogP contribution in [-0.2, 0) is 22.4 Å². The van der Waals surface area contributed by atoms with Crippen molar-refractivity contribution in [3.8, 4) is 5.75 Å². The second-order valence-corrected chi connectivity index (χ2v) is 14.3. The first-order chi connectivity index (χ1) is 23.8. The molecule has 1 atom stereocenters. The van der Waals surface area contributed by atoms with E-state index >= 15 is 0 Å². The summed E-state index contributed by atoms with van der Waals surface area (Å²) in [6.45, 7) is 5.20. The van der Waals surface area contributed by atoms with Gasteiger partial charge in [0, 0.05) is 56.3 Å². The summed E-state index contributed by atoms with van der Waals surface area (Å²) in [6, 6.07) is 11.5. The molecule has 4 aliphatic rings. The molecule has 3 saturated heterocycles. The van der Waals surface area contributed by atoms with Gasteiger partial charge in [-0.1, -0.05) is 6.07 Å². The molecule has 3 aromatic rings. The maximum absolute atomic E-state index is 14.1. The number of fused-ring (bicyclic) bond motifs is 2. The summed E-state index contributed by atoms with van der Waals surface area (Å²) in [5, 5.41) is 11.1. The Bertz CT molecular complexity index is 1640. The first-order valence-electron chi connectivity index (χ1n) is 17.9. The van der Waals surface area contributed by atoms with Crippen LogP contribution in [0.15, 0.2) is 42.6 Å². The van der Waals surface area contributed by atoms with Crippen molar-refractivity contribution in [3.05, 3.63) is 53.7 Å². The smallest absolute Gasteiger partial charge is 0.410 e. The van der Waals surface area contributed by atoms with Gasteiger partial charge in [0.2, 0.25) is 0 Å². The van der Waals surface area contributed by atoms with Gasteiger partial charge in [-0.15, -0.1) is 0 Å². The first-order valence-corrected chi connectivity index (χ1v) is 17.9. The molecule has 4 amide bonds. The van der Waals surface area contributed by atoms with Crippen LogP contribution in [0.3, 0.4) is 0 Å². The Morgan fingerprint density at radius 2 is 1.61 bits per heavy atom. The molecular weight excluding hydrogens is 622 g/mol. The maximum atomic E-state index is 14.1. The fourth-order valence-electron chi connectivity index (χ4n) is 8.27. The largest absolute Gasteiger partial charge is 0.497 e. The van der Waals surface area contributed by atoms with Crippen LogP contribution < -0.4 is 10.1 Å². The van der Waals surface area contributed by atoms with Crippen molar-refractivity contribution in [2.24, 2.45) is 11.8 Å². The summed E-state index contributed by atoms with van der Waals surface area (Å²) in [5.74, 6) is 2.02. The van der Waals surface area contributed by atoms with Gasteiger partial charge in [0.15, 0.2) is 6.10 Å². The number of aromatic nitrogens is 2. The molecule has 2 N–H and O–H groups in total. The van der Waals surface area contributed by atoms with E-state index in [1.54, 1.807) is 18.2 Å². The topological polar surface area (TPSA) is 123 Å². The molecule has 0 aliphatic carbocycles. The van der Waals surface area contributed by atoms with Gasteiger partial charge in [-0.25, -0.2) is 9.59 Å². The number of amides is 4. The molecule has 4 aliphatic heterocycles. The van der Waals surface area contributed by atoms with E-state index in [2.05, 4.69) is 27.5 Å². The molecular formula is C37H49N7O5. The zero-order valence-electron chi connectivity index (χ0n) is 28.7. The van der Waals surface area contributed by atoms with Crippen molar-refractivity contribution in [1.29, 1.82) is 0 Å². The number of benzene rings is 2. The van der Waals surface area contributed by atoms with Gasteiger partial charge in [0.05, 0.1) is 18.8 Å². The molecule has 0 radical (unpaired) electrons. The van der Waals surface area contributed by atoms with Crippen molar-refractivity contribution < 1.29 is 23.9 Å². The number of hydrogen-bond acceptors (Lipinski definition) is 7. The van der Waals surface area contributed by atoms with E-state index in [9.17, 15) is 14.4 Å². The minimum Gasteiger partial charge on any atom is -0.497 e. The summed E-state index contributed by atoms with van der Waals surface area (Å²) < 4.78 is 11.5. The van der Waals surface area contributed by atoms with E-state index < -0.39 is 12.2 Å². The average molecular weight is 672 g/mol. The van der Waals surface area contributed by atoms with E-state index in [1.807, 2.05) is 46.2 Å². The lowest BCUT2D eigenvalue weighted by Gasteiger charge is -2.40. The molecule has 5 heterocycles. The fourth-order valence-corrected chi connectivity index (χ4v) is 8.27. The van der Waals surface area contributed by atoms with Gasteiger partial charge in [0.1, 0.15) is 5.75 Å². The molecule has 0 saturated carbocycles. The summed E-state index contributed by atoms with van der Waals surface area (Å²) in [5.41, 5.74) is 3.70. The highest BCUT2D eigenvalue weighted by molar-refractivity contribution is 5.91. The average Bonchev–Trinajstić information content (AvgIpc) is 3.53. The Morgan fingerprint density at radius 3 is 2.35 bits per heavy atom. The minimum absolute atomic E-state index is 0.00485. The third kappa shape index (κ3) is 7.49. The second kappa shape index (κ2) is 14.7. The standard InChI is InChI=1S/C37H49N7O5/c1-41-14-7-26(8-15-41)27-9-16-42(17-10-27)35(45)34(22-25-3-5-33-29(21-25)24-38-40-33)49-37(47)43-18-12-30(13-19-43)44-20-11-28-23-31(48-2)4-6-32(28)39-36(44)46/h3-6,21,23-24,26-27,30,34H,7-20,22H2,1-2H3,(H,38,40)(H,39,46)/t34-/m1/s1. The van der Waals surface area contributed by atoms with Gasteiger partial charge >= 0.3 is 12.1 Å². The monoisotopic (exact) mass is 671 g/mol. The lowest BCUT2D eigenvalue weighted by atomic mass is 9.79. The summed E-state index contributed by atoms with van der Waals surface area (Å²) in [6.07, 6.45) is 7.14. The van der Waals surface area contributed by atoms with Crippen LogP contribution in [-0.4, -0.2) is 120 Å². The number of aromatic amines is 1. The molecule has 1 aromatic heterocycles. The number of rotatable bonds is 7. The Hall–Kier alpha value is -4.32. The van der Waals surface area contributed by atoms with Crippen LogP contribution in [0.1, 0.15) is 49.7 Å². The molecule has 0 spiro atoms. The number of H-pyrrole nitrogens is 1. The third-order valence-corrected chi connectivity index (χ3v) is 11.3. The molecule has 12 nitrogen and oxygen atoms in total. The predicted molar refractivity (Wildman–Crippen MR) is 187 cm³/mol. The zero-order valence-corrected chi connectivity index (χ0v) is 28.7. The van der Waals surface area contributed by atoms with Crippen molar-refractivity contribution >= 4 is 34.6 Å². The Balaban J connectivity index is 0.977. The van der Waals surface area contributed by atoms with Crippen LogP contribution in [0, 0.1) is 11.8 Å². The van der Waals surface area contributed by atoms with E-state index in [0.29, 0.717) is 57.9 Å². The molecule has 12 heteroatoms. The maximum Gasteiger partial charge on any atom is 0.410 e. The lowest BCUT2D eigenvalue weighted by molar-refractivity contribution is -0.142. The SMILES string of the molecule is COc1ccc2c(c1)CCN(C1CCN(C(=O)O[C@H](Cc3ccc4[nH]ncc4c3)C(=O)N3CCC(C4CCN(C)CC4)CC3)CC1)C(=O)N2. The van der Waals surface area contributed by atoms with Gasteiger partial charge in [-0.05, 0) is 118 Å². The van der Waals surface area contributed by atoms with Crippen molar-refractivity contribution in [2.45, 2.75) is 63.5 Å². The minimum atomic E-state index is -0.915. The van der Waals surface area contributed by atoms with Crippen LogP contribution in [0.5, 0.6) is 5.75 Å². The summed E-state index contributed by atoms with van der Waals surface area (Å²) in [4.78, 5) is 48.8. The highest BCUT2D eigenvalue weighted by Crippen LogP contribution is 2.33. The number of carbonyl (C=O) groups is 3. The number of methoxy groups -OCH3 is 1. The van der Waals surface area contributed by atoms with Crippen molar-refractivity contribution in [3.63, 3.8) is 0 Å². The Labute approximate surface area is 288 Å². The number of urea groups is 1. The number of hydrogen-bond donors (Lipinski definition) is 2. The van der Waals surface area contributed by atoms with Crippen LogP contribution in [0.2, 0.25) is 0 Å². The number of anilines is 1. The highest BCUT2D eigenvalue weighted by Gasteiger charge is 2.37. The summed E-state index contributed by atoms with van der Waals surface area (Å²) >= 11 is 0. The van der Waals surface area contributed by atoms with Crippen LogP contribution in [0.25, 0.3) is 10.9 Å². The van der Waals surface area contributed by atoms with E-state index in [1.165, 1.54) is 12.8 Å². The Kier molecular flexibility index (Phi) is 9.93. The van der Waals surface area contributed by atoms with E-state index in [-0.39, 0.29) is 18.0 Å². The first kappa shape index (κ1) is 33.2. The fraction of sp³-hybridized carbons (Fsp3) is 0.568. The number of likely N-dealkylation sites (tertiary alicyclic amines) is 3. The molecule has 262 valence electrons. The second-order valence-electron chi connectivity index (χ2n) is 14.3. The number of carbonyl (C=O) groups excluding carboxylic acids is 3. The highest BCUT2D eigenvalue weighted by atomic mass is 16.6. The van der Waals surface area contributed by atoms with Gasteiger partial charge in [-0.3, -0.25) is 9.89 Å². The van der Waals surface area contributed by atoms with Gasteiger partial charge < -0.3 is 34.4 Å². The molecule has 7 rings (SSSR count). The summed E-state index contributed by atoms with van der Waals surface area (Å²) in [7, 11) is 3.83. The quantitative estimate of drug-likeness (QED) is 0.372. The molecule has 0 unspecified atom stereocenters. The van der Waals surface area contributed by atoms with Crippen molar-refractivity contribution in [2.75, 3.05) is 65.3 Å². The van der Waals surface area contributed by atoms with E-state index in [4.69, 9.17) is 9.47 Å². The Morgan fingerprint density at radius 1 is 0.898 bits per heavy atom. The lowest BCUT2D eigenvalue weighted by Crippen LogP contribution is -2.52. The van der Waals surface area contributed by atoms with Crippen LogP contribution in [0.4, 0.5) is 15.3 Å². The number of nitrogens with one attached hydrogen (secondary N) is 2. The molecule has 49 heavy (non-hydrogen) atoms. The predicted octanol–water partition coefficient (Wildman–Crippen LogP) is 4.75. The van der Waals surface area contributed by atoms with Gasteiger partial charge in [-0.2, -0.15) is 5.10 Å². The number of nitrogens with zero attached hydrogens (tertiary/aromatic N) is 5. The molecule has 0 bridgehead atoms. The molecule has 2 aromatic carbocycles. The number of ether oxygens (including phenoxy) is 2. The van der Waals surface area contributed by atoms with Crippen LogP contribution >= 0.6 is 0 Å². The van der Waals surface area contributed by atoms with E-state index in [0.717, 1.165) is 71.7 Å². The molecule has 3 fully saturated rings. The zero-order chi connectivity index (χ0) is 33.9. The van der Waals surface area contributed by atoms with Crippen molar-refractivity contribution in [1.82, 2.24) is 29.8 Å².